The van der Waals surface area contributed by atoms with E-state index >= 15 is 0 Å². The summed E-state index contributed by atoms with van der Waals surface area (Å²) in [6.07, 6.45) is 7.88. The van der Waals surface area contributed by atoms with Crippen molar-refractivity contribution in [2.45, 2.75) is 96.7 Å². The van der Waals surface area contributed by atoms with Crippen molar-refractivity contribution in [3.8, 4) is 0 Å². The van der Waals surface area contributed by atoms with Crippen molar-refractivity contribution in [1.82, 2.24) is 10.2 Å². The van der Waals surface area contributed by atoms with E-state index < -0.39 is 29.7 Å². The van der Waals surface area contributed by atoms with Gasteiger partial charge in [-0.2, -0.15) is 0 Å². The molecule has 1 amide bonds. The van der Waals surface area contributed by atoms with Crippen LogP contribution in [0.3, 0.4) is 0 Å². The van der Waals surface area contributed by atoms with Crippen molar-refractivity contribution < 1.29 is 23.1 Å². The summed E-state index contributed by atoms with van der Waals surface area (Å²) in [6, 6.07) is 7.99. The second-order valence-electron chi connectivity index (χ2n) is 11.1. The van der Waals surface area contributed by atoms with Gasteiger partial charge >= 0.3 is 5.97 Å². The maximum atomic E-state index is 13.8. The van der Waals surface area contributed by atoms with Crippen molar-refractivity contribution in [2.24, 2.45) is 5.73 Å². The van der Waals surface area contributed by atoms with Gasteiger partial charge in [0.15, 0.2) is 0 Å². The summed E-state index contributed by atoms with van der Waals surface area (Å²) in [6.45, 7) is 7.51. The number of halogens is 2. The van der Waals surface area contributed by atoms with Gasteiger partial charge in [-0.3, -0.25) is 4.79 Å². The first kappa shape index (κ1) is 31.7. The molecule has 0 saturated heterocycles. The Labute approximate surface area is 237 Å². The molecule has 2 atom stereocenters. The zero-order valence-electron chi connectivity index (χ0n) is 24.2. The highest BCUT2D eigenvalue weighted by molar-refractivity contribution is 5.98. The van der Waals surface area contributed by atoms with Gasteiger partial charge in [-0.05, 0) is 80.5 Å². The molecule has 1 saturated carbocycles. The molecule has 40 heavy (non-hydrogen) atoms. The number of carbonyl (C=O) groups is 2. The van der Waals surface area contributed by atoms with Gasteiger partial charge in [0.1, 0.15) is 17.7 Å². The number of hydrogen-bond donors (Lipinski definition) is 2. The number of esters is 1. The van der Waals surface area contributed by atoms with Gasteiger partial charge in [-0.1, -0.05) is 39.5 Å². The number of aryl methyl sites for hydroxylation is 1. The average molecular weight is 558 g/mol. The molecule has 6 nitrogen and oxygen atoms in total. The van der Waals surface area contributed by atoms with E-state index in [1.54, 1.807) is 23.1 Å². The Morgan fingerprint density at radius 2 is 1.55 bits per heavy atom. The third kappa shape index (κ3) is 9.66. The van der Waals surface area contributed by atoms with Crippen LogP contribution in [0.25, 0.3) is 0 Å². The molecule has 8 heteroatoms. The Bertz CT molecular complexity index is 1090. The Morgan fingerprint density at radius 3 is 2.15 bits per heavy atom. The lowest BCUT2D eigenvalue weighted by Gasteiger charge is -2.27. The molecule has 0 spiro atoms. The molecule has 1 aliphatic rings. The highest BCUT2D eigenvalue weighted by Crippen LogP contribution is 2.19. The fraction of sp³-hybridized carbons (Fsp3) is 0.562. The molecule has 0 radical (unpaired) electrons. The first-order valence-electron chi connectivity index (χ1n) is 14.8. The minimum absolute atomic E-state index is 0.113. The van der Waals surface area contributed by atoms with E-state index in [1.807, 2.05) is 20.8 Å². The van der Waals surface area contributed by atoms with Crippen molar-refractivity contribution in [3.63, 3.8) is 0 Å². The molecule has 3 rings (SSSR count). The molecular formula is C32H45F2N3O3. The van der Waals surface area contributed by atoms with Gasteiger partial charge in [0.2, 0.25) is 0 Å². The lowest BCUT2D eigenvalue weighted by molar-refractivity contribution is 0.0230. The van der Waals surface area contributed by atoms with Crippen molar-refractivity contribution in [2.75, 3.05) is 19.6 Å². The average Bonchev–Trinajstić information content (AvgIpc) is 3.18. The molecular weight excluding hydrogens is 512 g/mol. The second kappa shape index (κ2) is 15.8. The molecule has 2 aromatic rings. The quantitative estimate of drug-likeness (QED) is 0.235. The van der Waals surface area contributed by atoms with Crippen LogP contribution in [0, 0.1) is 18.6 Å². The molecule has 0 aliphatic heterocycles. The predicted octanol–water partition coefficient (Wildman–Crippen LogP) is 5.94. The van der Waals surface area contributed by atoms with Crippen LogP contribution < -0.4 is 11.1 Å². The normalized spacial score (nSPS) is 15.8. The van der Waals surface area contributed by atoms with Crippen molar-refractivity contribution >= 4 is 11.9 Å². The summed E-state index contributed by atoms with van der Waals surface area (Å²) < 4.78 is 33.6. The molecule has 3 N–H and O–H groups in total. The van der Waals surface area contributed by atoms with Gasteiger partial charge in [0.05, 0.1) is 5.56 Å². The van der Waals surface area contributed by atoms with Crippen LogP contribution in [0.15, 0.2) is 36.4 Å². The van der Waals surface area contributed by atoms with E-state index in [4.69, 9.17) is 10.5 Å². The van der Waals surface area contributed by atoms with Crippen LogP contribution in [0.4, 0.5) is 8.78 Å². The lowest BCUT2D eigenvalue weighted by Crippen LogP contribution is -2.48. The zero-order valence-corrected chi connectivity index (χ0v) is 24.2. The number of benzene rings is 2. The van der Waals surface area contributed by atoms with Crippen LogP contribution in [-0.4, -0.2) is 54.6 Å². The highest BCUT2D eigenvalue weighted by Gasteiger charge is 2.26. The number of rotatable bonds is 13. The van der Waals surface area contributed by atoms with E-state index in [0.29, 0.717) is 36.8 Å². The summed E-state index contributed by atoms with van der Waals surface area (Å²) >= 11 is 0. The standard InChI is InChI=1S/C32H45F2N3O3/c1-4-12-37(13-5-2)31(38)24-14-22(3)15-25(19-24)32(39)40-30(21-36-28-10-8-6-7-9-11-28)29(35)18-23-16-26(33)20-27(34)17-23/h14-17,19-20,28-30,36H,4-13,18,21,35H2,1-3H3/t29-,30+/m0/s1. The number of carbonyl (C=O) groups excluding carboxylic acids is 2. The fourth-order valence-corrected chi connectivity index (χ4v) is 5.45. The largest absolute Gasteiger partial charge is 0.456 e. The van der Waals surface area contributed by atoms with Gasteiger partial charge in [0, 0.05) is 43.3 Å². The summed E-state index contributed by atoms with van der Waals surface area (Å²) in [5.74, 6) is -2.05. The van der Waals surface area contributed by atoms with Crippen LogP contribution in [-0.2, 0) is 11.2 Å². The number of hydrogen-bond acceptors (Lipinski definition) is 5. The zero-order chi connectivity index (χ0) is 29.1. The van der Waals surface area contributed by atoms with E-state index in [-0.39, 0.29) is 17.9 Å². The first-order chi connectivity index (χ1) is 19.2. The smallest absolute Gasteiger partial charge is 0.338 e. The molecule has 0 unspecified atom stereocenters. The summed E-state index contributed by atoms with van der Waals surface area (Å²) in [7, 11) is 0. The predicted molar refractivity (Wildman–Crippen MR) is 154 cm³/mol. The second-order valence-corrected chi connectivity index (χ2v) is 11.1. The lowest BCUT2D eigenvalue weighted by atomic mass is 10.0. The number of ether oxygens (including phenoxy) is 1. The molecule has 1 aliphatic carbocycles. The minimum atomic E-state index is -0.738. The molecule has 220 valence electrons. The summed E-state index contributed by atoms with van der Waals surface area (Å²) in [5.41, 5.74) is 8.41. The van der Waals surface area contributed by atoms with Gasteiger partial charge in [0.25, 0.3) is 5.91 Å². The van der Waals surface area contributed by atoms with Crippen molar-refractivity contribution in [1.29, 1.82) is 0 Å². The maximum absolute atomic E-state index is 13.8. The Morgan fingerprint density at radius 1 is 0.950 bits per heavy atom. The van der Waals surface area contributed by atoms with Gasteiger partial charge in [-0.25, -0.2) is 13.6 Å². The topological polar surface area (TPSA) is 84.7 Å². The highest BCUT2D eigenvalue weighted by atomic mass is 19.1. The van der Waals surface area contributed by atoms with Gasteiger partial charge in [-0.15, -0.1) is 0 Å². The molecule has 2 aromatic carbocycles. The first-order valence-corrected chi connectivity index (χ1v) is 14.8. The van der Waals surface area contributed by atoms with E-state index in [1.165, 1.54) is 25.0 Å². The van der Waals surface area contributed by atoms with Gasteiger partial charge < -0.3 is 20.7 Å². The van der Waals surface area contributed by atoms with E-state index in [2.05, 4.69) is 5.32 Å². The molecule has 0 heterocycles. The Kier molecular flexibility index (Phi) is 12.5. The Balaban J connectivity index is 1.80. The molecule has 0 bridgehead atoms. The third-order valence-electron chi connectivity index (χ3n) is 7.43. The number of nitrogens with one attached hydrogen (secondary N) is 1. The summed E-state index contributed by atoms with van der Waals surface area (Å²) in [5, 5.41) is 3.53. The number of nitrogens with zero attached hydrogens (tertiary/aromatic N) is 1. The van der Waals surface area contributed by atoms with Crippen LogP contribution >= 0.6 is 0 Å². The Hall–Kier alpha value is -2.84. The van der Waals surface area contributed by atoms with E-state index in [0.717, 1.165) is 50.2 Å². The van der Waals surface area contributed by atoms with Crippen molar-refractivity contribution in [3.05, 3.63) is 70.3 Å². The molecule has 0 aromatic heterocycles. The monoisotopic (exact) mass is 557 g/mol. The maximum Gasteiger partial charge on any atom is 0.338 e. The summed E-state index contributed by atoms with van der Waals surface area (Å²) in [4.78, 5) is 28.5. The minimum Gasteiger partial charge on any atom is -0.456 e. The fourth-order valence-electron chi connectivity index (χ4n) is 5.45. The number of amides is 1. The SMILES string of the molecule is CCCN(CCC)C(=O)c1cc(C)cc(C(=O)O[C@H](CNC2CCCCCC2)[C@@H](N)Cc2cc(F)cc(F)c2)c1. The third-order valence-corrected chi connectivity index (χ3v) is 7.43. The van der Waals surface area contributed by atoms with E-state index in [9.17, 15) is 18.4 Å². The van der Waals surface area contributed by atoms with Crippen LogP contribution in [0.1, 0.15) is 97.1 Å². The van der Waals surface area contributed by atoms with Crippen LogP contribution in [0.2, 0.25) is 0 Å². The number of nitrogens with two attached hydrogens (primary N) is 1. The molecule has 1 fully saturated rings. The van der Waals surface area contributed by atoms with Crippen LogP contribution in [0.5, 0.6) is 0 Å².